The average Bonchev–Trinajstić information content (AvgIpc) is 3.72. The summed E-state index contributed by atoms with van der Waals surface area (Å²) in [6, 6.07) is 25.5. The number of hydrogen-bond donors (Lipinski definition) is 0. The molecule has 2 amide bonds. The summed E-state index contributed by atoms with van der Waals surface area (Å²) in [5, 5.41) is 10.4. The van der Waals surface area contributed by atoms with Gasteiger partial charge in [0.2, 0.25) is 10.9 Å². The van der Waals surface area contributed by atoms with E-state index < -0.39 is 22.8 Å². The lowest BCUT2D eigenvalue weighted by Gasteiger charge is -2.32. The highest BCUT2D eigenvalue weighted by molar-refractivity contribution is 8.00. The minimum atomic E-state index is -1.89. The number of fused-ring (bicyclic) bond motifs is 5. The molecule has 0 aliphatic carbocycles. The molecule has 1 unspecified atom stereocenters. The number of halogens is 2. The number of para-hydroxylation sites is 1. The number of rotatable bonds is 6. The van der Waals surface area contributed by atoms with Crippen LogP contribution in [0.2, 0.25) is 10.0 Å². The van der Waals surface area contributed by atoms with Crippen LogP contribution >= 0.6 is 46.3 Å². The highest BCUT2D eigenvalue weighted by Crippen LogP contribution is 2.55. The van der Waals surface area contributed by atoms with Crippen molar-refractivity contribution in [1.82, 2.24) is 10.2 Å². The molecule has 0 saturated carbocycles. The third kappa shape index (κ3) is 4.62. The summed E-state index contributed by atoms with van der Waals surface area (Å²) in [7, 11) is 0. The first kappa shape index (κ1) is 30.8. The van der Waals surface area contributed by atoms with E-state index in [1.165, 1.54) is 28.0 Å². The van der Waals surface area contributed by atoms with E-state index in [-0.39, 0.29) is 34.0 Å². The monoisotopic (exact) mass is 710 g/mol. The van der Waals surface area contributed by atoms with Crippen LogP contribution in [0.4, 0.5) is 10.8 Å². The molecule has 4 aromatic carbocycles. The maximum atomic E-state index is 15.2. The standard InChI is InChI=1S/C36H24Cl2N4O4S2/c1-19-15-24-28(16-20(19)2)46-31-29(30(24)43)36(25-8-4-6-10-27(25)41(33(36)45)17-22-7-3-5-9-26(22)38)42(32(31)44)34-39-40-35(48-34)47-18-21-11-13-23(37)14-12-21/h3-16H,17-18H2,1-2H3. The molecule has 0 bridgehead atoms. The zero-order valence-electron chi connectivity index (χ0n) is 25.5. The van der Waals surface area contributed by atoms with E-state index in [4.69, 9.17) is 27.6 Å². The van der Waals surface area contributed by atoms with Gasteiger partial charge in [-0.25, -0.2) is 0 Å². The first-order chi connectivity index (χ1) is 23.2. The largest absolute Gasteiger partial charge is 0.450 e. The third-order valence-corrected chi connectivity index (χ3v) is 11.6. The van der Waals surface area contributed by atoms with E-state index >= 15 is 4.79 Å². The van der Waals surface area contributed by atoms with Crippen molar-refractivity contribution in [1.29, 1.82) is 0 Å². The fraction of sp³-hybridized carbons (Fsp3) is 0.139. The number of amides is 2. The highest BCUT2D eigenvalue weighted by atomic mass is 35.5. The van der Waals surface area contributed by atoms with Gasteiger partial charge in [-0.3, -0.25) is 19.3 Å². The van der Waals surface area contributed by atoms with Crippen LogP contribution in [0.1, 0.15) is 43.9 Å². The number of nitrogens with zero attached hydrogens (tertiary/aromatic N) is 4. The molecule has 6 aromatic rings. The first-order valence-corrected chi connectivity index (χ1v) is 17.5. The Labute approximate surface area is 292 Å². The quantitative estimate of drug-likeness (QED) is 0.127. The molecular formula is C36H24Cl2N4O4S2. The van der Waals surface area contributed by atoms with Crippen LogP contribution in [-0.2, 0) is 22.6 Å². The number of carbonyl (C=O) groups excluding carboxylic acids is 2. The van der Waals surface area contributed by atoms with E-state index in [0.29, 0.717) is 37.0 Å². The van der Waals surface area contributed by atoms with Gasteiger partial charge in [0.25, 0.3) is 11.8 Å². The fourth-order valence-corrected chi connectivity index (χ4v) is 8.62. The Bertz CT molecular complexity index is 2380. The highest BCUT2D eigenvalue weighted by Gasteiger charge is 2.66. The number of thioether (sulfide) groups is 1. The summed E-state index contributed by atoms with van der Waals surface area (Å²) in [6.07, 6.45) is 0. The second-order valence-corrected chi connectivity index (χ2v) is 14.7. The van der Waals surface area contributed by atoms with Crippen molar-refractivity contribution in [2.75, 3.05) is 9.80 Å². The lowest BCUT2D eigenvalue weighted by atomic mass is 9.84. The molecule has 1 atom stereocenters. The van der Waals surface area contributed by atoms with Crippen LogP contribution in [0.5, 0.6) is 0 Å². The molecule has 48 heavy (non-hydrogen) atoms. The smallest absolute Gasteiger partial charge is 0.297 e. The lowest BCUT2D eigenvalue weighted by Crippen LogP contribution is -2.53. The van der Waals surface area contributed by atoms with Crippen LogP contribution in [-0.4, -0.2) is 22.0 Å². The molecule has 8 nitrogen and oxygen atoms in total. The van der Waals surface area contributed by atoms with Gasteiger partial charge in [-0.2, -0.15) is 0 Å². The van der Waals surface area contributed by atoms with Crippen LogP contribution in [0.15, 0.2) is 98.5 Å². The van der Waals surface area contributed by atoms with Crippen LogP contribution < -0.4 is 15.2 Å². The third-order valence-electron chi connectivity index (χ3n) is 8.89. The Morgan fingerprint density at radius 2 is 1.62 bits per heavy atom. The van der Waals surface area contributed by atoms with Crippen LogP contribution in [0.25, 0.3) is 11.0 Å². The summed E-state index contributed by atoms with van der Waals surface area (Å²) in [5.41, 5.74) is 2.45. The number of benzene rings is 4. The van der Waals surface area contributed by atoms with Gasteiger partial charge < -0.3 is 9.32 Å². The molecular weight excluding hydrogens is 687 g/mol. The lowest BCUT2D eigenvalue weighted by molar-refractivity contribution is -0.121. The molecule has 0 fully saturated rings. The summed E-state index contributed by atoms with van der Waals surface area (Å²) in [5.74, 6) is -0.737. The predicted octanol–water partition coefficient (Wildman–Crippen LogP) is 8.31. The van der Waals surface area contributed by atoms with E-state index in [1.807, 2.05) is 68.4 Å². The molecule has 0 saturated heterocycles. The van der Waals surface area contributed by atoms with E-state index in [1.54, 1.807) is 35.2 Å². The van der Waals surface area contributed by atoms with Crippen LogP contribution in [0, 0.1) is 13.8 Å². The maximum Gasteiger partial charge on any atom is 0.297 e. The van der Waals surface area contributed by atoms with Crippen molar-refractivity contribution in [2.45, 2.75) is 36.0 Å². The van der Waals surface area contributed by atoms with Crippen molar-refractivity contribution < 1.29 is 14.0 Å². The number of hydrogen-bond acceptors (Lipinski definition) is 8. The molecule has 8 rings (SSSR count). The van der Waals surface area contributed by atoms with E-state index in [2.05, 4.69) is 10.2 Å². The summed E-state index contributed by atoms with van der Waals surface area (Å²) in [6.45, 7) is 3.93. The zero-order valence-corrected chi connectivity index (χ0v) is 28.6. The summed E-state index contributed by atoms with van der Waals surface area (Å²) >= 11 is 15.2. The molecule has 12 heteroatoms. The Morgan fingerprint density at radius 3 is 2.42 bits per heavy atom. The maximum absolute atomic E-state index is 15.2. The Hall–Kier alpha value is -4.48. The minimum Gasteiger partial charge on any atom is -0.450 e. The van der Waals surface area contributed by atoms with Gasteiger partial charge in [-0.1, -0.05) is 94.8 Å². The number of aryl methyl sites for hydroxylation is 2. The van der Waals surface area contributed by atoms with Gasteiger partial charge in [0.15, 0.2) is 15.3 Å². The summed E-state index contributed by atoms with van der Waals surface area (Å²) < 4.78 is 6.87. The second kappa shape index (κ2) is 11.6. The van der Waals surface area contributed by atoms with Crippen molar-refractivity contribution in [3.8, 4) is 0 Å². The van der Waals surface area contributed by atoms with Gasteiger partial charge in [-0.05, 0) is 72.5 Å². The molecule has 1 spiro atoms. The van der Waals surface area contributed by atoms with Crippen molar-refractivity contribution in [2.24, 2.45) is 0 Å². The van der Waals surface area contributed by atoms with Gasteiger partial charge in [0, 0.05) is 21.4 Å². The summed E-state index contributed by atoms with van der Waals surface area (Å²) in [4.78, 5) is 47.4. The van der Waals surface area contributed by atoms with Crippen LogP contribution in [0.3, 0.4) is 0 Å². The molecule has 238 valence electrons. The van der Waals surface area contributed by atoms with Gasteiger partial charge in [0.1, 0.15) is 5.58 Å². The Balaban J connectivity index is 1.33. The molecule has 2 aliphatic heterocycles. The second-order valence-electron chi connectivity index (χ2n) is 11.7. The SMILES string of the molecule is Cc1cc2oc3c(c(=O)c2cc1C)C1(C(=O)N(Cc2ccccc2Cl)c2ccccc21)N(c1nnc(SCc2ccc(Cl)cc2)s1)C3=O. The van der Waals surface area contributed by atoms with Gasteiger partial charge >= 0.3 is 0 Å². The van der Waals surface area contributed by atoms with Gasteiger partial charge in [-0.15, -0.1) is 10.2 Å². The number of carbonyl (C=O) groups is 2. The molecule has 2 aliphatic rings. The van der Waals surface area contributed by atoms with E-state index in [0.717, 1.165) is 16.7 Å². The minimum absolute atomic E-state index is 0.0343. The van der Waals surface area contributed by atoms with Crippen molar-refractivity contribution in [3.63, 3.8) is 0 Å². The Morgan fingerprint density at radius 1 is 0.896 bits per heavy atom. The fourth-order valence-electron chi connectivity index (χ4n) is 6.45. The average molecular weight is 712 g/mol. The first-order valence-electron chi connectivity index (χ1n) is 15.0. The normalized spacial score (nSPS) is 16.8. The molecule has 4 heterocycles. The number of aromatic nitrogens is 2. The van der Waals surface area contributed by atoms with Gasteiger partial charge in [0.05, 0.1) is 23.2 Å². The van der Waals surface area contributed by atoms with E-state index in [9.17, 15) is 9.59 Å². The number of anilines is 2. The van der Waals surface area contributed by atoms with Crippen molar-refractivity contribution >= 4 is 79.9 Å². The molecule has 0 radical (unpaired) electrons. The molecule has 0 N–H and O–H groups in total. The molecule has 2 aromatic heterocycles. The Kier molecular flexibility index (Phi) is 7.44. The zero-order chi connectivity index (χ0) is 33.3. The van der Waals surface area contributed by atoms with Crippen molar-refractivity contribution in [3.05, 3.63) is 144 Å². The topological polar surface area (TPSA) is 96.6 Å². The predicted molar refractivity (Wildman–Crippen MR) is 190 cm³/mol.